The summed E-state index contributed by atoms with van der Waals surface area (Å²) < 4.78 is 0. The van der Waals surface area contributed by atoms with Crippen LogP contribution in [0.1, 0.15) is 36.1 Å². The molecule has 0 saturated carbocycles. The average Bonchev–Trinajstić information content (AvgIpc) is 2.93. The SMILES string of the molecule is CCCN1C(=O)C(=O)/C(=C(\O)c2ccc(C)cc2)C1c1ccc(O)c([N+](=O)[O-])c1. The van der Waals surface area contributed by atoms with Gasteiger partial charge < -0.3 is 15.1 Å². The first-order valence-electron chi connectivity index (χ1n) is 9.09. The lowest BCUT2D eigenvalue weighted by molar-refractivity contribution is -0.385. The van der Waals surface area contributed by atoms with Crippen molar-refractivity contribution in [3.63, 3.8) is 0 Å². The largest absolute Gasteiger partial charge is 0.507 e. The summed E-state index contributed by atoms with van der Waals surface area (Å²) >= 11 is 0. The number of hydrogen-bond acceptors (Lipinski definition) is 6. The quantitative estimate of drug-likeness (QED) is 0.263. The molecular formula is C21H20N2O6. The van der Waals surface area contributed by atoms with Crippen molar-refractivity contribution < 1.29 is 24.7 Å². The number of likely N-dealkylation sites (tertiary alicyclic amines) is 1. The molecule has 3 rings (SSSR count). The molecule has 0 aromatic heterocycles. The van der Waals surface area contributed by atoms with Gasteiger partial charge >= 0.3 is 5.69 Å². The van der Waals surface area contributed by atoms with Gasteiger partial charge in [0.15, 0.2) is 5.75 Å². The Morgan fingerprint density at radius 1 is 1.17 bits per heavy atom. The molecule has 8 nitrogen and oxygen atoms in total. The van der Waals surface area contributed by atoms with E-state index in [9.17, 15) is 29.9 Å². The van der Waals surface area contributed by atoms with Crippen LogP contribution in [-0.2, 0) is 9.59 Å². The summed E-state index contributed by atoms with van der Waals surface area (Å²) in [5.41, 5.74) is 0.907. The van der Waals surface area contributed by atoms with Crippen LogP contribution in [0.5, 0.6) is 5.75 Å². The van der Waals surface area contributed by atoms with E-state index in [0.717, 1.165) is 17.7 Å². The summed E-state index contributed by atoms with van der Waals surface area (Å²) in [5.74, 6) is -2.49. The lowest BCUT2D eigenvalue weighted by Crippen LogP contribution is -2.30. The Balaban J connectivity index is 2.23. The predicted octanol–water partition coefficient (Wildman–Crippen LogP) is 3.44. The minimum atomic E-state index is -0.990. The Kier molecular flexibility index (Phi) is 5.36. The van der Waals surface area contributed by atoms with Crippen LogP contribution in [-0.4, -0.2) is 38.3 Å². The van der Waals surface area contributed by atoms with Gasteiger partial charge in [0.05, 0.1) is 16.5 Å². The van der Waals surface area contributed by atoms with Crippen LogP contribution in [0.2, 0.25) is 0 Å². The fourth-order valence-electron chi connectivity index (χ4n) is 3.42. The number of ketones is 1. The Bertz CT molecular complexity index is 1030. The molecule has 1 aliphatic heterocycles. The van der Waals surface area contributed by atoms with Crippen molar-refractivity contribution in [3.05, 3.63) is 74.8 Å². The van der Waals surface area contributed by atoms with Gasteiger partial charge in [0.25, 0.3) is 11.7 Å². The topological polar surface area (TPSA) is 121 Å². The first-order chi connectivity index (χ1) is 13.8. The predicted molar refractivity (Wildman–Crippen MR) is 105 cm³/mol. The van der Waals surface area contributed by atoms with E-state index in [-0.39, 0.29) is 23.4 Å². The molecule has 0 radical (unpaired) electrons. The zero-order valence-electron chi connectivity index (χ0n) is 16.0. The molecule has 0 spiro atoms. The van der Waals surface area contributed by atoms with Crippen LogP contribution in [0, 0.1) is 17.0 Å². The molecule has 150 valence electrons. The molecule has 0 aliphatic carbocycles. The molecular weight excluding hydrogens is 376 g/mol. The third kappa shape index (κ3) is 3.56. The zero-order chi connectivity index (χ0) is 21.3. The van der Waals surface area contributed by atoms with E-state index < -0.39 is 34.1 Å². The van der Waals surface area contributed by atoms with Gasteiger partial charge in [-0.1, -0.05) is 42.8 Å². The van der Waals surface area contributed by atoms with Crippen molar-refractivity contribution in [1.82, 2.24) is 4.90 Å². The van der Waals surface area contributed by atoms with E-state index in [1.807, 2.05) is 13.8 Å². The Morgan fingerprint density at radius 3 is 2.41 bits per heavy atom. The van der Waals surface area contributed by atoms with Crippen LogP contribution >= 0.6 is 0 Å². The lowest BCUT2D eigenvalue weighted by Gasteiger charge is -2.24. The monoisotopic (exact) mass is 396 g/mol. The number of carbonyl (C=O) groups excluding carboxylic acids is 2. The van der Waals surface area contributed by atoms with Gasteiger partial charge in [-0.25, -0.2) is 0 Å². The van der Waals surface area contributed by atoms with Gasteiger partial charge in [-0.3, -0.25) is 19.7 Å². The first kappa shape index (κ1) is 20.1. The van der Waals surface area contributed by atoms with Crippen molar-refractivity contribution in [2.45, 2.75) is 26.3 Å². The van der Waals surface area contributed by atoms with Gasteiger partial charge in [-0.15, -0.1) is 0 Å². The number of rotatable bonds is 5. The van der Waals surface area contributed by atoms with Crippen molar-refractivity contribution in [2.24, 2.45) is 0 Å². The van der Waals surface area contributed by atoms with Crippen molar-refractivity contribution in [1.29, 1.82) is 0 Å². The molecule has 29 heavy (non-hydrogen) atoms. The number of aromatic hydroxyl groups is 1. The van der Waals surface area contributed by atoms with Crippen molar-refractivity contribution >= 4 is 23.1 Å². The van der Waals surface area contributed by atoms with Crippen molar-refractivity contribution in [2.75, 3.05) is 6.54 Å². The number of hydrogen-bond donors (Lipinski definition) is 2. The van der Waals surface area contributed by atoms with Crippen LogP contribution in [0.4, 0.5) is 5.69 Å². The van der Waals surface area contributed by atoms with Gasteiger partial charge in [-0.2, -0.15) is 0 Å². The highest BCUT2D eigenvalue weighted by molar-refractivity contribution is 6.46. The number of amides is 1. The molecule has 0 bridgehead atoms. The normalized spacial score (nSPS) is 18.3. The number of nitrogens with zero attached hydrogens (tertiary/aromatic N) is 2. The number of nitro groups is 1. The summed E-state index contributed by atoms with van der Waals surface area (Å²) in [7, 11) is 0. The second-order valence-electron chi connectivity index (χ2n) is 6.86. The number of benzene rings is 2. The van der Waals surface area contributed by atoms with Gasteiger partial charge in [0.2, 0.25) is 0 Å². The van der Waals surface area contributed by atoms with E-state index in [2.05, 4.69) is 0 Å². The maximum Gasteiger partial charge on any atom is 0.311 e. The van der Waals surface area contributed by atoms with Gasteiger partial charge in [0, 0.05) is 18.2 Å². The molecule has 1 heterocycles. The number of nitro benzene ring substituents is 1. The number of aliphatic hydroxyl groups is 1. The smallest absolute Gasteiger partial charge is 0.311 e. The maximum absolute atomic E-state index is 12.7. The molecule has 2 aromatic carbocycles. The molecule has 1 amide bonds. The van der Waals surface area contributed by atoms with E-state index in [1.54, 1.807) is 24.3 Å². The molecule has 1 saturated heterocycles. The molecule has 8 heteroatoms. The summed E-state index contributed by atoms with van der Waals surface area (Å²) in [5, 5.41) is 31.8. The molecule has 1 aliphatic rings. The summed E-state index contributed by atoms with van der Waals surface area (Å²) in [6.07, 6.45) is 0.550. The van der Waals surface area contributed by atoms with Crippen LogP contribution < -0.4 is 0 Å². The third-order valence-electron chi connectivity index (χ3n) is 4.84. The second-order valence-corrected chi connectivity index (χ2v) is 6.86. The Labute approximate surface area is 166 Å². The average molecular weight is 396 g/mol. The fraction of sp³-hybridized carbons (Fsp3) is 0.238. The van der Waals surface area contributed by atoms with Gasteiger partial charge in [-0.05, 0) is 25.0 Å². The number of Topliss-reactive ketones (excluding diaryl/α,β-unsaturated/α-hetero) is 1. The highest BCUT2D eigenvalue weighted by Gasteiger charge is 2.46. The van der Waals surface area contributed by atoms with Crippen LogP contribution in [0.3, 0.4) is 0 Å². The number of phenolic OH excluding ortho intramolecular Hbond substituents is 1. The Morgan fingerprint density at radius 2 is 1.83 bits per heavy atom. The fourth-order valence-corrected chi connectivity index (χ4v) is 3.42. The summed E-state index contributed by atoms with van der Waals surface area (Å²) in [6, 6.07) is 9.47. The highest BCUT2D eigenvalue weighted by Crippen LogP contribution is 2.41. The van der Waals surface area contributed by atoms with Crippen LogP contribution in [0.25, 0.3) is 5.76 Å². The number of aliphatic hydroxyl groups excluding tert-OH is 1. The van der Waals surface area contributed by atoms with Crippen molar-refractivity contribution in [3.8, 4) is 5.75 Å². The molecule has 1 unspecified atom stereocenters. The van der Waals surface area contributed by atoms with Crippen LogP contribution in [0.15, 0.2) is 48.0 Å². The minimum Gasteiger partial charge on any atom is -0.507 e. The highest BCUT2D eigenvalue weighted by atomic mass is 16.6. The summed E-state index contributed by atoms with van der Waals surface area (Å²) in [6.45, 7) is 3.93. The molecule has 1 atom stereocenters. The second kappa shape index (κ2) is 7.75. The first-order valence-corrected chi connectivity index (χ1v) is 9.09. The number of carbonyl (C=O) groups is 2. The zero-order valence-corrected chi connectivity index (χ0v) is 16.0. The molecule has 2 N–H and O–H groups in total. The Hall–Kier alpha value is -3.68. The number of aryl methyl sites for hydroxylation is 1. The molecule has 2 aromatic rings. The van der Waals surface area contributed by atoms with E-state index >= 15 is 0 Å². The van der Waals surface area contributed by atoms with Gasteiger partial charge in [0.1, 0.15) is 5.76 Å². The summed E-state index contributed by atoms with van der Waals surface area (Å²) in [4.78, 5) is 37.1. The maximum atomic E-state index is 12.7. The van der Waals surface area contributed by atoms with E-state index in [4.69, 9.17) is 0 Å². The third-order valence-corrected chi connectivity index (χ3v) is 4.84. The van der Waals surface area contributed by atoms with E-state index in [0.29, 0.717) is 12.0 Å². The van der Waals surface area contributed by atoms with E-state index in [1.165, 1.54) is 11.0 Å². The molecule has 1 fully saturated rings. The standard InChI is InChI=1S/C21H20N2O6/c1-3-10-22-18(14-8-9-16(24)15(11-14)23(28)29)17(20(26)21(22)27)19(25)13-6-4-12(2)5-7-13/h4-9,11,18,24-25H,3,10H2,1-2H3/b19-17-. The number of phenols is 1. The lowest BCUT2D eigenvalue weighted by atomic mass is 9.94. The minimum absolute atomic E-state index is 0.132.